The van der Waals surface area contributed by atoms with Crippen molar-refractivity contribution in [3.05, 3.63) is 131 Å². The van der Waals surface area contributed by atoms with E-state index in [9.17, 15) is 9.59 Å². The fraction of sp³-hybridized carbons (Fsp3) is 0.121. The minimum Gasteiger partial charge on any atom is -0.493 e. The SMILES string of the molecule is COc1ccc(C2CC(c3ccccc3OC(=O)c3ccccc3)=NN2C(=O)C=Cc2ccccc2)cc1OC. The Bertz CT molecular complexity index is 1560. The van der Waals surface area contributed by atoms with Crippen LogP contribution < -0.4 is 14.2 Å². The first-order valence-electron chi connectivity index (χ1n) is 12.8. The van der Waals surface area contributed by atoms with Gasteiger partial charge in [-0.15, -0.1) is 0 Å². The van der Waals surface area contributed by atoms with E-state index in [0.717, 1.165) is 11.1 Å². The van der Waals surface area contributed by atoms with Crippen LogP contribution in [0.1, 0.15) is 39.5 Å². The van der Waals surface area contributed by atoms with Gasteiger partial charge < -0.3 is 14.2 Å². The molecule has 1 heterocycles. The first kappa shape index (κ1) is 26.4. The lowest BCUT2D eigenvalue weighted by atomic mass is 9.97. The molecule has 0 saturated carbocycles. The fourth-order valence-corrected chi connectivity index (χ4v) is 4.53. The predicted octanol–water partition coefficient (Wildman–Crippen LogP) is 6.31. The zero-order valence-electron chi connectivity index (χ0n) is 22.2. The van der Waals surface area contributed by atoms with Crippen molar-refractivity contribution < 1.29 is 23.8 Å². The molecular weight excluding hydrogens is 504 g/mol. The van der Waals surface area contributed by atoms with E-state index in [1.165, 1.54) is 11.1 Å². The summed E-state index contributed by atoms with van der Waals surface area (Å²) in [6.45, 7) is 0. The van der Waals surface area contributed by atoms with Gasteiger partial charge in [-0.3, -0.25) is 4.79 Å². The number of hydrogen-bond acceptors (Lipinski definition) is 6. The molecule has 1 unspecified atom stereocenters. The Hall–Kier alpha value is -5.17. The number of hydrazone groups is 1. The minimum atomic E-state index is -0.471. The van der Waals surface area contributed by atoms with Crippen LogP contribution in [0.4, 0.5) is 0 Å². The van der Waals surface area contributed by atoms with Crippen LogP contribution in [0.25, 0.3) is 6.08 Å². The molecule has 1 amide bonds. The Kier molecular flexibility index (Phi) is 8.02. The highest BCUT2D eigenvalue weighted by Gasteiger charge is 2.34. The number of ether oxygens (including phenoxy) is 3. The molecule has 200 valence electrons. The quantitative estimate of drug-likeness (QED) is 0.151. The molecular formula is C33H28N2O5. The van der Waals surface area contributed by atoms with Crippen molar-refractivity contribution in [1.29, 1.82) is 0 Å². The van der Waals surface area contributed by atoms with E-state index in [4.69, 9.17) is 19.3 Å². The lowest BCUT2D eigenvalue weighted by molar-refractivity contribution is -0.127. The maximum absolute atomic E-state index is 13.5. The summed E-state index contributed by atoms with van der Waals surface area (Å²) >= 11 is 0. The lowest BCUT2D eigenvalue weighted by Gasteiger charge is -2.21. The van der Waals surface area contributed by atoms with E-state index in [-0.39, 0.29) is 5.91 Å². The van der Waals surface area contributed by atoms with Crippen molar-refractivity contribution in [1.82, 2.24) is 5.01 Å². The first-order chi connectivity index (χ1) is 19.6. The average molecular weight is 533 g/mol. The molecule has 0 fully saturated rings. The summed E-state index contributed by atoms with van der Waals surface area (Å²) in [5, 5.41) is 6.22. The summed E-state index contributed by atoms with van der Waals surface area (Å²) in [5.74, 6) is 0.762. The van der Waals surface area contributed by atoms with Crippen LogP contribution in [0.2, 0.25) is 0 Å². The summed E-state index contributed by atoms with van der Waals surface area (Å²) < 4.78 is 16.7. The molecule has 40 heavy (non-hydrogen) atoms. The Labute approximate surface area is 232 Å². The number of benzene rings is 4. The largest absolute Gasteiger partial charge is 0.493 e. The van der Waals surface area contributed by atoms with Gasteiger partial charge in [-0.25, -0.2) is 9.80 Å². The normalized spacial score (nSPS) is 14.6. The van der Waals surface area contributed by atoms with Gasteiger partial charge in [0.25, 0.3) is 5.91 Å². The smallest absolute Gasteiger partial charge is 0.343 e. The Morgan fingerprint density at radius 2 is 1.48 bits per heavy atom. The maximum atomic E-state index is 13.5. The predicted molar refractivity (Wildman–Crippen MR) is 154 cm³/mol. The van der Waals surface area contributed by atoms with Gasteiger partial charge in [0.1, 0.15) is 5.75 Å². The monoisotopic (exact) mass is 532 g/mol. The third kappa shape index (κ3) is 5.78. The van der Waals surface area contributed by atoms with E-state index in [0.29, 0.717) is 40.5 Å². The van der Waals surface area contributed by atoms with Crippen LogP contribution in [-0.2, 0) is 4.79 Å². The summed E-state index contributed by atoms with van der Waals surface area (Å²) in [4.78, 5) is 26.3. The van der Waals surface area contributed by atoms with Crippen LogP contribution in [0.3, 0.4) is 0 Å². The summed E-state index contributed by atoms with van der Waals surface area (Å²) in [6, 6.07) is 30.7. The van der Waals surface area contributed by atoms with E-state index in [1.807, 2.05) is 66.7 Å². The number of para-hydroxylation sites is 1. The van der Waals surface area contributed by atoms with Crippen molar-refractivity contribution in [2.75, 3.05) is 14.2 Å². The second kappa shape index (κ2) is 12.1. The Morgan fingerprint density at radius 1 is 0.800 bits per heavy atom. The van der Waals surface area contributed by atoms with Crippen LogP contribution in [0.5, 0.6) is 17.2 Å². The molecule has 0 bridgehead atoms. The van der Waals surface area contributed by atoms with E-state index in [2.05, 4.69) is 0 Å². The molecule has 0 spiro atoms. The molecule has 1 aliphatic rings. The van der Waals surface area contributed by atoms with Crippen LogP contribution >= 0.6 is 0 Å². The molecule has 1 aliphatic heterocycles. The van der Waals surface area contributed by atoms with Crippen molar-refractivity contribution in [3.8, 4) is 17.2 Å². The summed E-state index contributed by atoms with van der Waals surface area (Å²) in [6.07, 6.45) is 3.67. The molecule has 7 nitrogen and oxygen atoms in total. The molecule has 4 aromatic rings. The van der Waals surface area contributed by atoms with Crippen molar-refractivity contribution in [2.45, 2.75) is 12.5 Å². The van der Waals surface area contributed by atoms with Gasteiger partial charge in [0.2, 0.25) is 0 Å². The molecule has 0 saturated heterocycles. The van der Waals surface area contributed by atoms with Gasteiger partial charge in [0, 0.05) is 18.1 Å². The number of methoxy groups -OCH3 is 2. The number of esters is 1. The maximum Gasteiger partial charge on any atom is 0.343 e. The zero-order valence-corrected chi connectivity index (χ0v) is 22.2. The Morgan fingerprint density at radius 3 is 2.20 bits per heavy atom. The minimum absolute atomic E-state index is 0.280. The molecule has 7 heteroatoms. The second-order valence-corrected chi connectivity index (χ2v) is 9.06. The standard InChI is InChI=1S/C33H28N2O5/c1-38-30-19-18-25(21-31(30)39-2)28-22-27(34-35(28)32(36)20-17-23-11-5-3-6-12-23)26-15-9-10-16-29(26)40-33(37)24-13-7-4-8-14-24/h3-21,28H,22H2,1-2H3. The van der Waals surface area contributed by atoms with Gasteiger partial charge in [-0.05, 0) is 53.6 Å². The molecule has 1 atom stereocenters. The first-order valence-corrected chi connectivity index (χ1v) is 12.8. The van der Waals surface area contributed by atoms with Crippen molar-refractivity contribution in [2.24, 2.45) is 5.10 Å². The van der Waals surface area contributed by atoms with Crippen LogP contribution in [0.15, 0.2) is 114 Å². The fourth-order valence-electron chi connectivity index (χ4n) is 4.53. The van der Waals surface area contributed by atoms with Crippen molar-refractivity contribution in [3.63, 3.8) is 0 Å². The third-order valence-corrected chi connectivity index (χ3v) is 6.56. The van der Waals surface area contributed by atoms with Gasteiger partial charge in [-0.1, -0.05) is 66.7 Å². The topological polar surface area (TPSA) is 77.4 Å². The number of hydrogen-bond donors (Lipinski definition) is 0. The zero-order chi connectivity index (χ0) is 27.9. The number of carbonyl (C=O) groups is 2. The molecule has 0 N–H and O–H groups in total. The highest BCUT2D eigenvalue weighted by atomic mass is 16.5. The van der Waals surface area contributed by atoms with Crippen LogP contribution in [-0.4, -0.2) is 36.8 Å². The number of carbonyl (C=O) groups excluding carboxylic acids is 2. The summed E-state index contributed by atoms with van der Waals surface area (Å²) in [7, 11) is 3.15. The van der Waals surface area contributed by atoms with Gasteiger partial charge in [0.05, 0.1) is 31.5 Å². The summed E-state index contributed by atoms with van der Waals surface area (Å²) in [5.41, 5.74) is 3.44. The number of rotatable bonds is 8. The highest BCUT2D eigenvalue weighted by Crippen LogP contribution is 2.38. The highest BCUT2D eigenvalue weighted by molar-refractivity contribution is 6.07. The third-order valence-electron chi connectivity index (χ3n) is 6.56. The molecule has 4 aromatic carbocycles. The second-order valence-electron chi connectivity index (χ2n) is 9.06. The van der Waals surface area contributed by atoms with Crippen LogP contribution in [0, 0.1) is 0 Å². The molecule has 0 radical (unpaired) electrons. The molecule has 0 aliphatic carbocycles. The van der Waals surface area contributed by atoms with Crippen molar-refractivity contribution >= 4 is 23.7 Å². The lowest BCUT2D eigenvalue weighted by Crippen LogP contribution is -2.25. The van der Waals surface area contributed by atoms with E-state index in [1.54, 1.807) is 56.7 Å². The average Bonchev–Trinajstić information content (AvgIpc) is 3.46. The van der Waals surface area contributed by atoms with E-state index < -0.39 is 12.0 Å². The van der Waals surface area contributed by atoms with Gasteiger partial charge >= 0.3 is 5.97 Å². The van der Waals surface area contributed by atoms with Gasteiger partial charge in [-0.2, -0.15) is 5.10 Å². The van der Waals surface area contributed by atoms with E-state index >= 15 is 0 Å². The number of amides is 1. The molecule has 5 rings (SSSR count). The molecule has 0 aromatic heterocycles. The van der Waals surface area contributed by atoms with Gasteiger partial charge in [0.15, 0.2) is 11.5 Å². The Balaban J connectivity index is 1.49. The number of nitrogens with zero attached hydrogens (tertiary/aromatic N) is 2.